The van der Waals surface area contributed by atoms with Gasteiger partial charge in [-0.25, -0.2) is 0 Å². The summed E-state index contributed by atoms with van der Waals surface area (Å²) in [5.74, 6) is 0. The summed E-state index contributed by atoms with van der Waals surface area (Å²) in [5, 5.41) is 12.3. The highest BCUT2D eigenvalue weighted by atomic mass is 16.3. The molecular weight excluding hydrogens is 725 g/mol. The second-order valence-corrected chi connectivity index (χ2v) is 16.7. The van der Waals surface area contributed by atoms with Gasteiger partial charge in [-0.3, -0.25) is 0 Å². The molecule has 0 saturated carbocycles. The molecule has 14 rings (SSSR count). The van der Waals surface area contributed by atoms with Gasteiger partial charge in [0.1, 0.15) is 11.2 Å². The molecule has 276 valence electrons. The molecule has 0 aliphatic heterocycles. The zero-order valence-corrected chi connectivity index (χ0v) is 32.5. The van der Waals surface area contributed by atoms with Crippen LogP contribution < -0.4 is 0 Å². The van der Waals surface area contributed by atoms with Gasteiger partial charge in [0.05, 0.1) is 5.41 Å². The predicted octanol–water partition coefficient (Wildman–Crippen LogP) is 15.9. The van der Waals surface area contributed by atoms with Crippen LogP contribution in [0.3, 0.4) is 0 Å². The average molecular weight is 759 g/mol. The zero-order chi connectivity index (χ0) is 39.1. The van der Waals surface area contributed by atoms with Crippen LogP contribution in [0.2, 0.25) is 0 Å². The summed E-state index contributed by atoms with van der Waals surface area (Å²) < 4.78 is 6.26. The summed E-state index contributed by atoms with van der Waals surface area (Å²) >= 11 is 0. The third-order valence-electron chi connectivity index (χ3n) is 13.8. The molecule has 0 bridgehead atoms. The fraction of sp³-hybridized carbons (Fsp3) is 0.0169. The molecule has 11 aromatic carbocycles. The van der Waals surface area contributed by atoms with Crippen molar-refractivity contribution in [3.05, 3.63) is 229 Å². The smallest absolute Gasteiger partial charge is 0.135 e. The Morgan fingerprint density at radius 3 is 1.35 bits per heavy atom. The van der Waals surface area contributed by atoms with E-state index in [1.54, 1.807) is 0 Å². The van der Waals surface area contributed by atoms with E-state index in [2.05, 4.69) is 200 Å². The second kappa shape index (κ2) is 11.7. The summed E-state index contributed by atoms with van der Waals surface area (Å²) in [6.45, 7) is 0. The van der Waals surface area contributed by atoms with Crippen molar-refractivity contribution in [3.8, 4) is 44.5 Å². The molecule has 12 aromatic rings. The third-order valence-corrected chi connectivity index (χ3v) is 13.8. The Hall–Kier alpha value is -7.74. The van der Waals surface area contributed by atoms with Gasteiger partial charge in [-0.05, 0) is 158 Å². The van der Waals surface area contributed by atoms with Crippen LogP contribution in [0.5, 0.6) is 0 Å². The monoisotopic (exact) mass is 758 g/mol. The van der Waals surface area contributed by atoms with Crippen LogP contribution in [0.25, 0.3) is 110 Å². The second-order valence-electron chi connectivity index (χ2n) is 16.7. The maximum Gasteiger partial charge on any atom is 0.135 e. The molecule has 1 aromatic heterocycles. The molecule has 0 radical (unpaired) electrons. The number of furan rings is 1. The lowest BCUT2D eigenvalue weighted by atomic mass is 9.70. The van der Waals surface area contributed by atoms with Crippen molar-refractivity contribution in [2.75, 3.05) is 0 Å². The fourth-order valence-electron chi connectivity index (χ4n) is 11.4. The summed E-state index contributed by atoms with van der Waals surface area (Å²) in [5.41, 5.74) is 17.1. The number of fused-ring (bicyclic) bond motifs is 17. The van der Waals surface area contributed by atoms with Gasteiger partial charge in [-0.15, -0.1) is 0 Å². The van der Waals surface area contributed by atoms with E-state index in [1.165, 1.54) is 110 Å². The Morgan fingerprint density at radius 2 is 0.717 bits per heavy atom. The Labute approximate surface area is 346 Å². The number of hydrogen-bond donors (Lipinski definition) is 0. The molecule has 0 N–H and O–H groups in total. The molecule has 0 saturated heterocycles. The molecular formula is C59H34O. The van der Waals surface area contributed by atoms with Crippen molar-refractivity contribution in [1.29, 1.82) is 0 Å². The first-order valence-corrected chi connectivity index (χ1v) is 20.9. The van der Waals surface area contributed by atoms with Crippen LogP contribution >= 0.6 is 0 Å². The summed E-state index contributed by atoms with van der Waals surface area (Å²) in [7, 11) is 0. The molecule has 2 aliphatic rings. The summed E-state index contributed by atoms with van der Waals surface area (Å²) in [6.07, 6.45) is 0. The largest absolute Gasteiger partial charge is 0.456 e. The van der Waals surface area contributed by atoms with Crippen molar-refractivity contribution < 1.29 is 4.42 Å². The topological polar surface area (TPSA) is 13.1 Å². The van der Waals surface area contributed by atoms with Gasteiger partial charge >= 0.3 is 0 Å². The van der Waals surface area contributed by atoms with Crippen molar-refractivity contribution in [2.45, 2.75) is 5.41 Å². The van der Waals surface area contributed by atoms with Gasteiger partial charge in [-0.2, -0.15) is 0 Å². The highest BCUT2D eigenvalue weighted by Crippen LogP contribution is 2.63. The molecule has 1 heteroatoms. The Kier molecular flexibility index (Phi) is 6.28. The van der Waals surface area contributed by atoms with Crippen molar-refractivity contribution in [2.24, 2.45) is 0 Å². The third kappa shape index (κ3) is 4.11. The summed E-state index contributed by atoms with van der Waals surface area (Å²) in [4.78, 5) is 0. The number of rotatable bonds is 2. The van der Waals surface area contributed by atoms with Crippen LogP contribution in [-0.4, -0.2) is 0 Å². The van der Waals surface area contributed by atoms with Crippen LogP contribution in [0.15, 0.2) is 211 Å². The highest BCUT2D eigenvalue weighted by Gasteiger charge is 2.51. The van der Waals surface area contributed by atoms with Crippen molar-refractivity contribution in [3.63, 3.8) is 0 Å². The van der Waals surface area contributed by atoms with Crippen LogP contribution in [-0.2, 0) is 5.41 Å². The minimum absolute atomic E-state index is 0.422. The van der Waals surface area contributed by atoms with E-state index >= 15 is 0 Å². The molecule has 1 heterocycles. The Balaban J connectivity index is 1.03. The standard InChI is InChI=1S/C59H34O/c1-2-14-36-33-53-48(30-35(36)13-1)49-31-37-25-26-38(29-40(37)34-54(49)59(53)51-22-10-7-15-41(51)42-16-8-11-23-52(42)59)57-44-18-3-5-20-46(44)58(47-21-6-4-19-45(47)57)39-27-28-56-50(32-39)43-17-9-12-24-55(43)60-56/h1-34H. The van der Waals surface area contributed by atoms with Gasteiger partial charge < -0.3 is 4.42 Å². The molecule has 60 heavy (non-hydrogen) atoms. The first-order valence-electron chi connectivity index (χ1n) is 20.9. The minimum atomic E-state index is -0.422. The lowest BCUT2D eigenvalue weighted by Gasteiger charge is -2.30. The van der Waals surface area contributed by atoms with Crippen LogP contribution in [0.1, 0.15) is 22.3 Å². The van der Waals surface area contributed by atoms with E-state index in [9.17, 15) is 0 Å². The number of hydrogen-bond acceptors (Lipinski definition) is 1. The lowest BCUT2D eigenvalue weighted by molar-refractivity contribution is 0.669. The minimum Gasteiger partial charge on any atom is -0.456 e. The van der Waals surface area contributed by atoms with Crippen molar-refractivity contribution >= 4 is 65.0 Å². The molecule has 0 unspecified atom stereocenters. The van der Waals surface area contributed by atoms with Crippen LogP contribution in [0.4, 0.5) is 0 Å². The molecule has 1 nitrogen and oxygen atoms in total. The van der Waals surface area contributed by atoms with Gasteiger partial charge in [0.15, 0.2) is 0 Å². The maximum atomic E-state index is 6.26. The van der Waals surface area contributed by atoms with Gasteiger partial charge in [-0.1, -0.05) is 158 Å². The zero-order valence-electron chi connectivity index (χ0n) is 32.5. The number of para-hydroxylation sites is 1. The van der Waals surface area contributed by atoms with Gasteiger partial charge in [0.2, 0.25) is 0 Å². The fourth-order valence-corrected chi connectivity index (χ4v) is 11.4. The maximum absolute atomic E-state index is 6.26. The number of benzene rings is 11. The normalized spacial score (nSPS) is 13.5. The highest BCUT2D eigenvalue weighted by molar-refractivity contribution is 6.22. The Morgan fingerprint density at radius 1 is 0.267 bits per heavy atom. The quantitative estimate of drug-likeness (QED) is 0.160. The average Bonchev–Trinajstić information content (AvgIpc) is 3.92. The lowest BCUT2D eigenvalue weighted by Crippen LogP contribution is -2.25. The SMILES string of the molecule is c1ccc2c(c1)-c1ccccc1C21c2cc3ccccc3cc2-c2cc3ccc(-c4c5ccccc5c(-c5ccc6oc7ccccc7c6c5)c5ccccc45)cc3cc21. The predicted molar refractivity (Wildman–Crippen MR) is 251 cm³/mol. The van der Waals surface area contributed by atoms with E-state index in [1.807, 2.05) is 6.07 Å². The summed E-state index contributed by atoms with van der Waals surface area (Å²) in [6, 6.07) is 77.1. The molecule has 1 spiro atoms. The molecule has 2 aliphatic carbocycles. The van der Waals surface area contributed by atoms with Crippen molar-refractivity contribution in [1.82, 2.24) is 0 Å². The molecule has 0 fully saturated rings. The van der Waals surface area contributed by atoms with E-state index in [0.29, 0.717) is 0 Å². The van der Waals surface area contributed by atoms with Gasteiger partial charge in [0.25, 0.3) is 0 Å². The van der Waals surface area contributed by atoms with E-state index in [4.69, 9.17) is 4.42 Å². The Bertz CT molecular complexity index is 3740. The van der Waals surface area contributed by atoms with E-state index in [-0.39, 0.29) is 0 Å². The molecule has 0 amide bonds. The molecule has 0 atom stereocenters. The first kappa shape index (κ1) is 32.2. The van der Waals surface area contributed by atoms with E-state index in [0.717, 1.165) is 21.9 Å². The van der Waals surface area contributed by atoms with Gasteiger partial charge in [0, 0.05) is 10.8 Å². The first-order chi connectivity index (χ1) is 29.7. The van der Waals surface area contributed by atoms with Crippen LogP contribution in [0, 0.1) is 0 Å². The van der Waals surface area contributed by atoms with E-state index < -0.39 is 5.41 Å².